The van der Waals surface area contributed by atoms with Crippen LogP contribution in [0.2, 0.25) is 0 Å². The van der Waals surface area contributed by atoms with Gasteiger partial charge in [-0.3, -0.25) is 0 Å². The number of aliphatic hydroxyl groups excluding tert-OH is 1. The molecule has 1 heterocycles. The van der Waals surface area contributed by atoms with Crippen molar-refractivity contribution in [3.05, 3.63) is 18.2 Å². The number of aromatic nitrogens is 2. The van der Waals surface area contributed by atoms with Crippen LogP contribution < -0.4 is 0 Å². The maximum absolute atomic E-state index is 8.53. The summed E-state index contributed by atoms with van der Waals surface area (Å²) in [6.07, 6.45) is 3.87. The maximum Gasteiger partial charge on any atom is 0.0949 e. The summed E-state index contributed by atoms with van der Waals surface area (Å²) >= 11 is 1.76. The lowest BCUT2D eigenvalue weighted by Gasteiger charge is -1.99. The fraction of sp³-hybridized carbons (Fsp3) is 0.625. The van der Waals surface area contributed by atoms with Gasteiger partial charge in [-0.05, 0) is 6.92 Å². The van der Waals surface area contributed by atoms with Crippen molar-refractivity contribution in [2.24, 2.45) is 0 Å². The van der Waals surface area contributed by atoms with Crippen molar-refractivity contribution in [3.63, 3.8) is 0 Å². The van der Waals surface area contributed by atoms with Crippen molar-refractivity contribution < 1.29 is 5.11 Å². The number of rotatable bonds is 5. The van der Waals surface area contributed by atoms with E-state index in [4.69, 9.17) is 5.11 Å². The summed E-state index contributed by atoms with van der Waals surface area (Å²) in [7, 11) is 0. The van der Waals surface area contributed by atoms with Gasteiger partial charge in [0.25, 0.3) is 0 Å². The third kappa shape index (κ3) is 3.28. The molecule has 0 amide bonds. The summed E-state index contributed by atoms with van der Waals surface area (Å²) in [4.78, 5) is 4.12. The smallest absolute Gasteiger partial charge is 0.0949 e. The molecule has 0 aliphatic rings. The number of nitrogens with zero attached hydrogens (tertiary/aromatic N) is 2. The Morgan fingerprint density at radius 1 is 1.58 bits per heavy atom. The van der Waals surface area contributed by atoms with Gasteiger partial charge in [-0.25, -0.2) is 4.98 Å². The Morgan fingerprint density at radius 2 is 2.42 bits per heavy atom. The molecule has 1 N–H and O–H groups in total. The molecule has 0 aliphatic carbocycles. The van der Waals surface area contributed by atoms with Gasteiger partial charge in [0.2, 0.25) is 0 Å². The van der Waals surface area contributed by atoms with Gasteiger partial charge < -0.3 is 9.67 Å². The zero-order valence-corrected chi connectivity index (χ0v) is 8.05. The third-order valence-corrected chi connectivity index (χ3v) is 2.43. The molecular formula is C8H14N2OS. The average Bonchev–Trinajstić information content (AvgIpc) is 2.45. The molecule has 0 saturated heterocycles. The minimum atomic E-state index is 0.271. The lowest BCUT2D eigenvalue weighted by atomic mass is 10.6. The lowest BCUT2D eigenvalue weighted by Crippen LogP contribution is -1.98. The molecule has 0 saturated carbocycles. The van der Waals surface area contributed by atoms with E-state index in [2.05, 4.69) is 9.55 Å². The van der Waals surface area contributed by atoms with Crippen molar-refractivity contribution >= 4 is 11.8 Å². The van der Waals surface area contributed by atoms with Crippen molar-refractivity contribution in [1.29, 1.82) is 0 Å². The molecule has 4 heteroatoms. The lowest BCUT2D eigenvalue weighted by molar-refractivity contribution is 0.322. The first kappa shape index (κ1) is 9.61. The van der Waals surface area contributed by atoms with Crippen molar-refractivity contribution in [1.82, 2.24) is 9.55 Å². The van der Waals surface area contributed by atoms with Crippen molar-refractivity contribution in [2.45, 2.75) is 13.5 Å². The number of aryl methyl sites for hydroxylation is 2. The Morgan fingerprint density at radius 3 is 3.00 bits per heavy atom. The normalized spacial score (nSPS) is 10.5. The van der Waals surface area contributed by atoms with E-state index >= 15 is 0 Å². The molecule has 0 unspecified atom stereocenters. The molecule has 12 heavy (non-hydrogen) atoms. The molecule has 0 bridgehead atoms. The van der Waals surface area contributed by atoms with Crippen LogP contribution in [0.15, 0.2) is 12.5 Å². The number of imidazole rings is 1. The minimum absolute atomic E-state index is 0.271. The molecule has 0 spiro atoms. The van der Waals surface area contributed by atoms with Gasteiger partial charge in [-0.15, -0.1) is 0 Å². The predicted octanol–water partition coefficient (Wildman–Crippen LogP) is 0.917. The summed E-state index contributed by atoms with van der Waals surface area (Å²) in [5.41, 5.74) is 1.06. The first-order valence-electron chi connectivity index (χ1n) is 4.00. The minimum Gasteiger partial charge on any atom is -0.396 e. The topological polar surface area (TPSA) is 38.0 Å². The van der Waals surface area contributed by atoms with Crippen LogP contribution in [0.3, 0.4) is 0 Å². The molecule has 0 fully saturated rings. The Bertz CT molecular complexity index is 225. The van der Waals surface area contributed by atoms with E-state index < -0.39 is 0 Å². The molecular weight excluding hydrogens is 172 g/mol. The summed E-state index contributed by atoms with van der Waals surface area (Å²) in [5, 5.41) is 8.53. The molecule has 1 aromatic heterocycles. The average molecular weight is 186 g/mol. The molecule has 3 nitrogen and oxygen atoms in total. The Labute approximate surface area is 76.8 Å². The number of hydrogen-bond acceptors (Lipinski definition) is 3. The molecule has 0 radical (unpaired) electrons. The van der Waals surface area contributed by atoms with Crippen LogP contribution in [0.1, 0.15) is 5.69 Å². The van der Waals surface area contributed by atoms with Gasteiger partial charge in [0.05, 0.1) is 18.6 Å². The highest BCUT2D eigenvalue weighted by molar-refractivity contribution is 7.99. The van der Waals surface area contributed by atoms with Gasteiger partial charge in [0.15, 0.2) is 0 Å². The molecule has 0 aliphatic heterocycles. The maximum atomic E-state index is 8.53. The Hall–Kier alpha value is -0.480. The van der Waals surface area contributed by atoms with Crippen LogP contribution in [0.5, 0.6) is 0 Å². The molecule has 1 rings (SSSR count). The van der Waals surface area contributed by atoms with E-state index in [9.17, 15) is 0 Å². The van der Waals surface area contributed by atoms with E-state index in [1.807, 2.05) is 19.4 Å². The highest BCUT2D eigenvalue weighted by Crippen LogP contribution is 2.01. The zero-order valence-electron chi connectivity index (χ0n) is 7.23. The van der Waals surface area contributed by atoms with Crippen molar-refractivity contribution in [2.75, 3.05) is 18.1 Å². The predicted molar refractivity (Wildman–Crippen MR) is 51.4 cm³/mol. The molecule has 0 atom stereocenters. The molecule has 68 valence electrons. The second kappa shape index (κ2) is 5.22. The first-order chi connectivity index (χ1) is 5.83. The van der Waals surface area contributed by atoms with E-state index in [1.54, 1.807) is 11.8 Å². The van der Waals surface area contributed by atoms with E-state index in [0.29, 0.717) is 0 Å². The zero-order chi connectivity index (χ0) is 8.81. The quantitative estimate of drug-likeness (QED) is 0.695. The van der Waals surface area contributed by atoms with E-state index in [1.165, 1.54) is 0 Å². The summed E-state index contributed by atoms with van der Waals surface area (Å²) in [6, 6.07) is 0. The second-order valence-electron chi connectivity index (χ2n) is 2.59. The largest absolute Gasteiger partial charge is 0.396 e. The van der Waals surface area contributed by atoms with Gasteiger partial charge in [-0.2, -0.15) is 11.8 Å². The SMILES string of the molecule is Cc1cn(CCSCCO)cn1. The summed E-state index contributed by atoms with van der Waals surface area (Å²) < 4.78 is 2.07. The van der Waals surface area contributed by atoms with Gasteiger partial charge >= 0.3 is 0 Å². The highest BCUT2D eigenvalue weighted by atomic mass is 32.2. The van der Waals surface area contributed by atoms with E-state index in [-0.39, 0.29) is 6.61 Å². The number of hydrogen-bond donors (Lipinski definition) is 1. The molecule has 0 aromatic carbocycles. The van der Waals surface area contributed by atoms with Crippen LogP contribution in [0.25, 0.3) is 0 Å². The van der Waals surface area contributed by atoms with Gasteiger partial charge in [0.1, 0.15) is 0 Å². The van der Waals surface area contributed by atoms with Gasteiger partial charge in [-0.1, -0.05) is 0 Å². The van der Waals surface area contributed by atoms with Crippen LogP contribution in [-0.4, -0.2) is 32.8 Å². The first-order valence-corrected chi connectivity index (χ1v) is 5.15. The number of thioether (sulfide) groups is 1. The summed E-state index contributed by atoms with van der Waals surface area (Å²) in [5.74, 6) is 1.87. The highest BCUT2D eigenvalue weighted by Gasteiger charge is 1.92. The van der Waals surface area contributed by atoms with Crippen LogP contribution in [0, 0.1) is 6.92 Å². The molecule has 1 aromatic rings. The van der Waals surface area contributed by atoms with Gasteiger partial charge in [0, 0.05) is 24.2 Å². The number of aliphatic hydroxyl groups is 1. The van der Waals surface area contributed by atoms with Crippen LogP contribution >= 0.6 is 11.8 Å². The Kier molecular flexibility index (Phi) is 4.18. The fourth-order valence-electron chi connectivity index (χ4n) is 0.931. The second-order valence-corrected chi connectivity index (χ2v) is 3.81. The third-order valence-electron chi connectivity index (χ3n) is 1.49. The van der Waals surface area contributed by atoms with Crippen LogP contribution in [0.4, 0.5) is 0 Å². The van der Waals surface area contributed by atoms with Crippen molar-refractivity contribution in [3.8, 4) is 0 Å². The Balaban J connectivity index is 2.15. The monoisotopic (exact) mass is 186 g/mol. The standard InChI is InChI=1S/C8H14N2OS/c1-8-6-10(7-9-8)2-4-12-5-3-11/h6-7,11H,2-5H2,1H3. The summed E-state index contributed by atoms with van der Waals surface area (Å²) in [6.45, 7) is 3.23. The van der Waals surface area contributed by atoms with E-state index in [0.717, 1.165) is 23.7 Å². The fourth-order valence-corrected chi connectivity index (χ4v) is 1.60. The van der Waals surface area contributed by atoms with Crippen LogP contribution in [-0.2, 0) is 6.54 Å².